The molecule has 1 aliphatic carbocycles. The first-order valence-corrected chi connectivity index (χ1v) is 4.07. The molecule has 0 bridgehead atoms. The second kappa shape index (κ2) is 2.73. The molecule has 0 radical (unpaired) electrons. The van der Waals surface area contributed by atoms with Crippen molar-refractivity contribution in [3.63, 3.8) is 0 Å². The second-order valence-corrected chi connectivity index (χ2v) is 3.10. The summed E-state index contributed by atoms with van der Waals surface area (Å²) in [4.78, 5) is 0. The first-order valence-electron chi connectivity index (χ1n) is 4.07. The predicted molar refractivity (Wildman–Crippen MR) is 47.1 cm³/mol. The molecular weight excluding hydrogens is 150 g/mol. The monoisotopic (exact) mass is 162 g/mol. The van der Waals surface area contributed by atoms with E-state index < -0.39 is 6.10 Å². The van der Waals surface area contributed by atoms with Gasteiger partial charge in [0.25, 0.3) is 0 Å². The summed E-state index contributed by atoms with van der Waals surface area (Å²) in [6.07, 6.45) is 3.51. The van der Waals surface area contributed by atoms with Gasteiger partial charge in [0.1, 0.15) is 12.1 Å². The molecule has 2 rings (SSSR count). The van der Waals surface area contributed by atoms with Crippen LogP contribution in [0, 0.1) is 0 Å². The number of hydrogen-bond acceptors (Lipinski definition) is 1. The molecule has 1 aliphatic rings. The summed E-state index contributed by atoms with van der Waals surface area (Å²) in [7, 11) is 0. The topological polar surface area (TPSA) is 47.9 Å². The molecule has 0 fully saturated rings. The van der Waals surface area contributed by atoms with Gasteiger partial charge < -0.3 is 10.8 Å². The van der Waals surface area contributed by atoms with Gasteiger partial charge in [-0.1, -0.05) is 30.3 Å². The molecule has 12 heavy (non-hydrogen) atoms. The molecule has 4 N–H and O–H groups in total. The fourth-order valence-electron chi connectivity index (χ4n) is 1.50. The molecule has 0 unspecified atom stereocenters. The van der Waals surface area contributed by atoms with E-state index in [0.29, 0.717) is 0 Å². The molecule has 0 heterocycles. The maximum absolute atomic E-state index is 9.72. The van der Waals surface area contributed by atoms with Crippen molar-refractivity contribution >= 4 is 6.08 Å². The zero-order valence-corrected chi connectivity index (χ0v) is 6.77. The van der Waals surface area contributed by atoms with Crippen LogP contribution >= 0.6 is 0 Å². The summed E-state index contributed by atoms with van der Waals surface area (Å²) >= 11 is 0. The largest absolute Gasteiger partial charge is 0.382 e. The van der Waals surface area contributed by atoms with Crippen LogP contribution < -0.4 is 5.73 Å². The Morgan fingerprint density at radius 2 is 2.00 bits per heavy atom. The van der Waals surface area contributed by atoms with Crippen LogP contribution in [0.5, 0.6) is 0 Å². The quantitative estimate of drug-likeness (QED) is 0.568. The highest BCUT2D eigenvalue weighted by Crippen LogP contribution is 2.25. The second-order valence-electron chi connectivity index (χ2n) is 3.10. The number of rotatable bonds is 0. The van der Waals surface area contributed by atoms with Gasteiger partial charge in [0.05, 0.1) is 0 Å². The van der Waals surface area contributed by atoms with Crippen LogP contribution in [0.15, 0.2) is 30.3 Å². The summed E-state index contributed by atoms with van der Waals surface area (Å²) in [5, 5.41) is 9.72. The molecule has 0 aliphatic heterocycles. The fourth-order valence-corrected chi connectivity index (χ4v) is 1.50. The first-order chi connectivity index (χ1) is 5.79. The molecular formula is C10H12NO+. The van der Waals surface area contributed by atoms with Gasteiger partial charge in [-0.2, -0.15) is 0 Å². The van der Waals surface area contributed by atoms with Crippen molar-refractivity contribution in [3.8, 4) is 0 Å². The molecule has 0 saturated carbocycles. The molecule has 62 valence electrons. The Labute approximate surface area is 71.3 Å². The summed E-state index contributed by atoms with van der Waals surface area (Å²) in [5.41, 5.74) is 5.93. The van der Waals surface area contributed by atoms with Gasteiger partial charge in [0, 0.05) is 0 Å². The SMILES string of the molecule is [NH3+][C@@H]1C=Cc2ccccc2[C@H]1O. The Hall–Kier alpha value is -1.12. The average Bonchev–Trinajstić information content (AvgIpc) is 2.12. The fraction of sp³-hybridized carbons (Fsp3) is 0.200. The number of aliphatic hydroxyl groups is 1. The molecule has 1 aromatic rings. The zero-order valence-electron chi connectivity index (χ0n) is 6.77. The molecule has 0 saturated heterocycles. The minimum atomic E-state index is -0.439. The first kappa shape index (κ1) is 7.53. The van der Waals surface area contributed by atoms with Gasteiger partial charge in [-0.15, -0.1) is 0 Å². The van der Waals surface area contributed by atoms with Gasteiger partial charge in [-0.25, -0.2) is 0 Å². The summed E-state index contributed by atoms with van der Waals surface area (Å²) in [6, 6.07) is 7.84. The average molecular weight is 162 g/mol. The Bertz CT molecular complexity index is 319. The number of quaternary nitrogens is 1. The van der Waals surface area contributed by atoms with E-state index in [2.05, 4.69) is 5.73 Å². The van der Waals surface area contributed by atoms with Crippen molar-refractivity contribution in [2.24, 2.45) is 0 Å². The van der Waals surface area contributed by atoms with E-state index in [0.717, 1.165) is 11.1 Å². The zero-order chi connectivity index (χ0) is 8.55. The third kappa shape index (κ3) is 1.05. The number of hydrogen-bond donors (Lipinski definition) is 2. The minimum Gasteiger partial charge on any atom is -0.382 e. The number of aliphatic hydroxyl groups excluding tert-OH is 1. The predicted octanol–water partition coefficient (Wildman–Crippen LogP) is 0.357. The normalized spacial score (nSPS) is 26.8. The Morgan fingerprint density at radius 1 is 1.25 bits per heavy atom. The van der Waals surface area contributed by atoms with Crippen LogP contribution in [0.2, 0.25) is 0 Å². The van der Waals surface area contributed by atoms with E-state index in [-0.39, 0.29) is 6.04 Å². The molecule has 0 amide bonds. The third-order valence-corrected chi connectivity index (χ3v) is 2.24. The van der Waals surface area contributed by atoms with Crippen LogP contribution in [0.3, 0.4) is 0 Å². The molecule has 0 aromatic heterocycles. The molecule has 2 atom stereocenters. The van der Waals surface area contributed by atoms with E-state index in [4.69, 9.17) is 0 Å². The molecule has 1 aromatic carbocycles. The van der Waals surface area contributed by atoms with Crippen molar-refractivity contribution in [1.82, 2.24) is 0 Å². The van der Waals surface area contributed by atoms with E-state index in [1.807, 2.05) is 36.4 Å². The van der Waals surface area contributed by atoms with Crippen LogP contribution in [0.25, 0.3) is 6.08 Å². The molecule has 2 heteroatoms. The van der Waals surface area contributed by atoms with Gasteiger partial charge in [-0.05, 0) is 17.2 Å². The molecule has 0 spiro atoms. The highest BCUT2D eigenvalue weighted by molar-refractivity contribution is 5.57. The maximum Gasteiger partial charge on any atom is 0.135 e. The maximum atomic E-state index is 9.72. The van der Waals surface area contributed by atoms with Crippen molar-refractivity contribution in [1.29, 1.82) is 0 Å². The minimum absolute atomic E-state index is 0.0140. The lowest BCUT2D eigenvalue weighted by atomic mass is 9.92. The lowest BCUT2D eigenvalue weighted by Crippen LogP contribution is -2.63. The summed E-state index contributed by atoms with van der Waals surface area (Å²) in [6.45, 7) is 0. The summed E-state index contributed by atoms with van der Waals surface area (Å²) < 4.78 is 0. The Morgan fingerprint density at radius 3 is 2.83 bits per heavy atom. The van der Waals surface area contributed by atoms with Gasteiger partial charge in [0.2, 0.25) is 0 Å². The number of fused-ring (bicyclic) bond motifs is 1. The van der Waals surface area contributed by atoms with Crippen molar-refractivity contribution in [2.45, 2.75) is 12.1 Å². The molecule has 2 nitrogen and oxygen atoms in total. The van der Waals surface area contributed by atoms with Crippen LogP contribution in [0.4, 0.5) is 0 Å². The van der Waals surface area contributed by atoms with Gasteiger partial charge >= 0.3 is 0 Å². The van der Waals surface area contributed by atoms with Crippen LogP contribution in [0.1, 0.15) is 17.2 Å². The lowest BCUT2D eigenvalue weighted by molar-refractivity contribution is -0.422. The Balaban J connectivity index is 2.52. The number of benzene rings is 1. The van der Waals surface area contributed by atoms with Crippen LogP contribution in [-0.2, 0) is 0 Å². The third-order valence-electron chi connectivity index (χ3n) is 2.24. The highest BCUT2D eigenvalue weighted by Gasteiger charge is 2.22. The standard InChI is InChI=1S/C10H11NO/c11-9-6-5-7-3-1-2-4-8(7)10(9)12/h1-6,9-10,12H,11H2/p+1/t9-,10-/m1/s1. The van der Waals surface area contributed by atoms with Crippen molar-refractivity contribution < 1.29 is 10.8 Å². The Kier molecular flexibility index (Phi) is 1.71. The van der Waals surface area contributed by atoms with Crippen molar-refractivity contribution in [3.05, 3.63) is 41.5 Å². The lowest BCUT2D eigenvalue weighted by Gasteiger charge is -2.19. The summed E-state index contributed by atoms with van der Waals surface area (Å²) in [5.74, 6) is 0. The van der Waals surface area contributed by atoms with Crippen molar-refractivity contribution in [2.75, 3.05) is 0 Å². The van der Waals surface area contributed by atoms with Gasteiger partial charge in [0.15, 0.2) is 0 Å². The van der Waals surface area contributed by atoms with E-state index in [1.54, 1.807) is 0 Å². The van der Waals surface area contributed by atoms with E-state index in [9.17, 15) is 5.11 Å². The van der Waals surface area contributed by atoms with E-state index in [1.165, 1.54) is 0 Å². The van der Waals surface area contributed by atoms with E-state index >= 15 is 0 Å². The van der Waals surface area contributed by atoms with Gasteiger partial charge in [-0.3, -0.25) is 0 Å². The smallest absolute Gasteiger partial charge is 0.135 e. The van der Waals surface area contributed by atoms with Crippen LogP contribution in [-0.4, -0.2) is 11.1 Å². The highest BCUT2D eigenvalue weighted by atomic mass is 16.3.